The van der Waals surface area contributed by atoms with Gasteiger partial charge in [-0.1, -0.05) is 12.2 Å². The summed E-state index contributed by atoms with van der Waals surface area (Å²) in [5, 5.41) is 0. The monoisotopic (exact) mass is 692 g/mol. The number of H-pyrrole nitrogens is 1. The Labute approximate surface area is 255 Å². The highest BCUT2D eigenvalue weighted by molar-refractivity contribution is 8.44. The number of thiol groups is 1. The summed E-state index contributed by atoms with van der Waals surface area (Å²) in [7, 11) is 0. The Hall–Kier alpha value is -2.62. The van der Waals surface area contributed by atoms with Crippen LogP contribution in [0.2, 0.25) is 0 Å². The molecule has 0 saturated carbocycles. The maximum atomic E-state index is 16.0. The highest BCUT2D eigenvalue weighted by Crippen LogP contribution is 2.58. The largest absolute Gasteiger partial charge is 0.386 e. The van der Waals surface area contributed by atoms with E-state index in [-0.39, 0.29) is 47.1 Å². The number of halogens is 1. The number of nitrogens with zero attached hydrogens (tertiary/aromatic N) is 7. The number of hydrogen-bond donors (Lipinski definition) is 5. The summed E-state index contributed by atoms with van der Waals surface area (Å²) in [5.74, 6) is -0.0973. The van der Waals surface area contributed by atoms with Gasteiger partial charge in [0.15, 0.2) is 41.3 Å². The zero-order chi connectivity index (χ0) is 31.0. The Balaban J connectivity index is 1.19. The molecule has 3 fully saturated rings. The summed E-state index contributed by atoms with van der Waals surface area (Å²) < 4.78 is 66.5. The van der Waals surface area contributed by atoms with Crippen LogP contribution in [-0.2, 0) is 43.9 Å². The van der Waals surface area contributed by atoms with Crippen LogP contribution in [0.5, 0.6) is 0 Å². The van der Waals surface area contributed by atoms with E-state index in [4.69, 9.17) is 50.8 Å². The molecule has 0 amide bonds. The first-order valence-electron chi connectivity index (χ1n) is 12.8. The van der Waals surface area contributed by atoms with Crippen molar-refractivity contribution in [2.45, 2.75) is 49.5 Å². The Morgan fingerprint density at radius 2 is 1.77 bits per heavy atom. The second kappa shape index (κ2) is 11.0. The molecule has 7 rings (SSSR count). The lowest BCUT2D eigenvalue weighted by Crippen LogP contribution is -2.34. The van der Waals surface area contributed by atoms with Crippen molar-refractivity contribution >= 4 is 71.7 Å². The number of anilines is 2. The van der Waals surface area contributed by atoms with Gasteiger partial charge in [-0.3, -0.25) is 32.5 Å². The summed E-state index contributed by atoms with van der Waals surface area (Å²) in [6, 6.07) is 0. The minimum absolute atomic E-state index is 0.0280. The summed E-state index contributed by atoms with van der Waals surface area (Å²) in [5.41, 5.74) is 11.4. The smallest absolute Gasteiger partial charge is 0.382 e. The maximum Gasteiger partial charge on any atom is 0.386 e. The number of nitrogen functional groups attached to an aromatic ring is 2. The molecule has 0 aliphatic carbocycles. The van der Waals surface area contributed by atoms with Gasteiger partial charge in [0.05, 0.1) is 32.0 Å². The first kappa shape index (κ1) is 30.1. The lowest BCUT2D eigenvalue weighted by atomic mass is 10.1. The predicted octanol–water partition coefficient (Wildman–Crippen LogP) is 0.719. The van der Waals surface area contributed by atoms with Crippen LogP contribution in [0.25, 0.3) is 22.3 Å². The van der Waals surface area contributed by atoms with Crippen LogP contribution < -0.4 is 17.0 Å². The zero-order valence-corrected chi connectivity index (χ0v) is 25.5. The van der Waals surface area contributed by atoms with Gasteiger partial charge in [0.1, 0.15) is 30.2 Å². The van der Waals surface area contributed by atoms with Crippen molar-refractivity contribution in [1.82, 2.24) is 39.0 Å². The number of ether oxygens (including phenoxy) is 2. The van der Waals surface area contributed by atoms with E-state index in [2.05, 4.69) is 42.2 Å². The van der Waals surface area contributed by atoms with E-state index in [9.17, 15) is 14.3 Å². The van der Waals surface area contributed by atoms with Gasteiger partial charge in [0, 0.05) is 6.42 Å². The quantitative estimate of drug-likeness (QED) is 0.143. The van der Waals surface area contributed by atoms with Gasteiger partial charge < -0.3 is 30.4 Å². The lowest BCUT2D eigenvalue weighted by molar-refractivity contribution is -0.0575. The molecule has 3 aliphatic rings. The average molecular weight is 693 g/mol. The molecule has 6 N–H and O–H groups in total. The van der Waals surface area contributed by atoms with Crippen molar-refractivity contribution in [3.05, 3.63) is 29.3 Å². The van der Waals surface area contributed by atoms with Crippen LogP contribution in [0.15, 0.2) is 23.8 Å². The van der Waals surface area contributed by atoms with E-state index in [1.807, 2.05) is 0 Å². The Morgan fingerprint density at radius 1 is 1.02 bits per heavy atom. The third kappa shape index (κ3) is 5.43. The molecule has 0 radical (unpaired) electrons. The number of nitrogens with one attached hydrogen (secondary N) is 1. The minimum atomic E-state index is -4.21. The second-order valence-electron chi connectivity index (χ2n) is 9.99. The van der Waals surface area contributed by atoms with Crippen LogP contribution >= 0.6 is 25.8 Å². The van der Waals surface area contributed by atoms with Gasteiger partial charge in [-0.05, 0) is 11.8 Å². The Kier molecular flexibility index (Phi) is 7.53. The minimum Gasteiger partial charge on any atom is -0.382 e. The molecule has 4 aromatic rings. The molecular weight excluding hydrogens is 669 g/mol. The molecule has 24 heteroatoms. The van der Waals surface area contributed by atoms with E-state index >= 15 is 4.39 Å². The number of rotatable bonds is 2. The molecule has 9 atom stereocenters. The fraction of sp³-hybridized carbons (Fsp3) is 0.500. The van der Waals surface area contributed by atoms with Gasteiger partial charge in [0.25, 0.3) is 5.56 Å². The summed E-state index contributed by atoms with van der Waals surface area (Å²) in [6.45, 7) is -9.23. The second-order valence-corrected chi connectivity index (χ2v) is 15.7. The first-order valence-corrected chi connectivity index (χ1v) is 18.1. The van der Waals surface area contributed by atoms with E-state index in [0.717, 1.165) is 0 Å². The Bertz CT molecular complexity index is 1910. The van der Waals surface area contributed by atoms with Crippen molar-refractivity contribution < 1.29 is 41.4 Å². The standard InChI is InChI=1S/C20H23FN10O9P2S2/c21-10-13-9(38-19(10)30-5-26-11-14(22)24-4-25-15(11)30)3-36-41(33,43)39-8-1-7(2-35-42(34,44)40-13)37-18(8)31-6-27-12-16(31)28-20(23)29-17(12)32/h4-10,13,18-19H,1-3H2,(H,33,43)(H,34,44)(H2,22,24,25)(H3,23,28,29,32)/t7?,8-,9-,10-,13-,18-,19-,41?,42?/m1/s1. The van der Waals surface area contributed by atoms with Crippen LogP contribution in [0.3, 0.4) is 0 Å². The van der Waals surface area contributed by atoms with Gasteiger partial charge in [-0.15, -0.1) is 0 Å². The van der Waals surface area contributed by atoms with E-state index in [0.29, 0.717) is 0 Å². The van der Waals surface area contributed by atoms with Gasteiger partial charge in [0.2, 0.25) is 5.95 Å². The van der Waals surface area contributed by atoms with Crippen molar-refractivity contribution in [3.8, 4) is 0 Å². The molecule has 44 heavy (non-hydrogen) atoms. The Morgan fingerprint density at radius 3 is 2.57 bits per heavy atom. The molecule has 7 heterocycles. The fourth-order valence-electron chi connectivity index (χ4n) is 5.26. The van der Waals surface area contributed by atoms with E-state index < -0.39 is 68.7 Å². The molecule has 0 spiro atoms. The molecule has 19 nitrogen and oxygen atoms in total. The normalized spacial score (nSPS) is 36.6. The van der Waals surface area contributed by atoms with Crippen molar-refractivity contribution in [2.24, 2.45) is 0 Å². The molecule has 3 saturated heterocycles. The van der Waals surface area contributed by atoms with E-state index in [1.54, 1.807) is 0 Å². The van der Waals surface area contributed by atoms with Gasteiger partial charge in [-0.2, -0.15) is 4.98 Å². The molecule has 236 valence electrons. The van der Waals surface area contributed by atoms with Crippen LogP contribution in [0, 0.1) is 0 Å². The van der Waals surface area contributed by atoms with Crippen LogP contribution in [0.1, 0.15) is 18.9 Å². The van der Waals surface area contributed by atoms with Crippen molar-refractivity contribution in [1.29, 1.82) is 0 Å². The third-order valence-electron chi connectivity index (χ3n) is 7.15. The summed E-state index contributed by atoms with van der Waals surface area (Å²) >= 11 is 9.32. The number of imidazole rings is 2. The molecule has 0 aromatic carbocycles. The maximum absolute atomic E-state index is 16.0. The SMILES string of the molecule is Nc1nc2c(ncn2[C@@H]2OC3COP(O)(=S)O[C@H]4[C@@H](F)[C@H](n5cnc6c(N)ncnc65)O[C@@H]4COP(=O)(S)O[C@@H]2C3)c(=O)[nH]1. The molecule has 2 bridgehead atoms. The summed E-state index contributed by atoms with van der Waals surface area (Å²) in [4.78, 5) is 45.9. The molecule has 3 unspecified atom stereocenters. The molecule has 3 aliphatic heterocycles. The summed E-state index contributed by atoms with van der Waals surface area (Å²) in [6.07, 6.45) is -5.32. The number of aromatic amines is 1. The number of nitrogens with two attached hydrogens (primary N) is 2. The average Bonchev–Trinajstić information content (AvgIpc) is 3.72. The van der Waals surface area contributed by atoms with Crippen molar-refractivity contribution in [2.75, 3.05) is 24.7 Å². The number of alkyl halides is 1. The topological polar surface area (TPSA) is 252 Å². The van der Waals surface area contributed by atoms with Crippen LogP contribution in [0.4, 0.5) is 16.2 Å². The first-order chi connectivity index (χ1) is 20.9. The lowest BCUT2D eigenvalue weighted by Gasteiger charge is -2.27. The third-order valence-corrected chi connectivity index (χ3v) is 10.3. The highest BCUT2D eigenvalue weighted by Gasteiger charge is 2.51. The molecular formula is C20H23FN10O9P2S2. The molecule has 4 aromatic heterocycles. The van der Waals surface area contributed by atoms with Gasteiger partial charge in [-0.25, -0.2) is 28.9 Å². The van der Waals surface area contributed by atoms with E-state index in [1.165, 1.54) is 28.1 Å². The predicted molar refractivity (Wildman–Crippen MR) is 154 cm³/mol. The van der Waals surface area contributed by atoms with Crippen molar-refractivity contribution in [3.63, 3.8) is 0 Å². The van der Waals surface area contributed by atoms with Gasteiger partial charge >= 0.3 is 13.5 Å². The number of aromatic nitrogens is 8. The highest BCUT2D eigenvalue weighted by atomic mass is 32.7. The number of hydrogen-bond acceptors (Lipinski definition) is 16. The van der Waals surface area contributed by atoms with Crippen LogP contribution in [-0.4, -0.2) is 87.7 Å². The number of fused-ring (bicyclic) bond motifs is 5. The zero-order valence-electron chi connectivity index (χ0n) is 22.0. The fourth-order valence-corrected chi connectivity index (χ4v) is 8.21.